The topological polar surface area (TPSA) is 46.3 Å². The molecule has 2 aromatic carbocycles. The number of carbonyl (C=O) groups excluding carboxylic acids is 1. The maximum atomic E-state index is 13.6. The van der Waals surface area contributed by atoms with E-state index in [9.17, 15) is 13.6 Å². The Morgan fingerprint density at radius 1 is 1.16 bits per heavy atom. The average Bonchev–Trinajstić information content (AvgIpc) is 2.40. The van der Waals surface area contributed by atoms with E-state index in [1.54, 1.807) is 6.07 Å². The van der Waals surface area contributed by atoms with Crippen LogP contribution < -0.4 is 10.6 Å². The Bertz CT molecular complexity index is 629. The Labute approximate surface area is 109 Å². The molecule has 0 aromatic heterocycles. The van der Waals surface area contributed by atoms with Crippen LogP contribution in [0.2, 0.25) is 0 Å². The molecule has 0 unspecified atom stereocenters. The molecule has 19 heavy (non-hydrogen) atoms. The largest absolute Gasteiger partial charge is 0.398 e. The predicted molar refractivity (Wildman–Crippen MR) is 69.9 cm³/mol. The third kappa shape index (κ3) is 2.54. The Morgan fingerprint density at radius 2 is 1.84 bits per heavy atom. The smallest absolute Gasteiger partial charge is 0.260 e. The van der Waals surface area contributed by atoms with Crippen LogP contribution in [0, 0.1) is 11.6 Å². The number of para-hydroxylation sites is 1. The quantitative estimate of drug-likeness (QED) is 0.846. The van der Waals surface area contributed by atoms with Gasteiger partial charge in [-0.05, 0) is 30.3 Å². The molecule has 0 saturated carbocycles. The van der Waals surface area contributed by atoms with E-state index in [4.69, 9.17) is 5.73 Å². The molecular formula is C14H12F2N2O. The van der Waals surface area contributed by atoms with Crippen LogP contribution in [0.25, 0.3) is 0 Å². The van der Waals surface area contributed by atoms with Crippen molar-refractivity contribution in [3.63, 3.8) is 0 Å². The van der Waals surface area contributed by atoms with Crippen molar-refractivity contribution in [2.45, 2.75) is 0 Å². The van der Waals surface area contributed by atoms with Gasteiger partial charge in [0.05, 0.1) is 11.3 Å². The predicted octanol–water partition coefficient (Wildman–Crippen LogP) is 2.82. The van der Waals surface area contributed by atoms with E-state index >= 15 is 0 Å². The van der Waals surface area contributed by atoms with Gasteiger partial charge in [-0.25, -0.2) is 8.78 Å². The number of nitrogens with two attached hydrogens (primary N) is 1. The SMILES string of the molecule is CN(C(=O)c1cc(F)ccc1N)c1ccccc1F. The third-order valence-electron chi connectivity index (χ3n) is 2.76. The molecule has 0 aliphatic heterocycles. The van der Waals surface area contributed by atoms with Gasteiger partial charge in [0.2, 0.25) is 0 Å². The lowest BCUT2D eigenvalue weighted by atomic mass is 10.1. The summed E-state index contributed by atoms with van der Waals surface area (Å²) in [5, 5.41) is 0. The van der Waals surface area contributed by atoms with E-state index < -0.39 is 17.5 Å². The number of hydrogen-bond donors (Lipinski definition) is 1. The van der Waals surface area contributed by atoms with Gasteiger partial charge in [-0.2, -0.15) is 0 Å². The lowest BCUT2D eigenvalue weighted by molar-refractivity contribution is 0.0992. The maximum Gasteiger partial charge on any atom is 0.260 e. The highest BCUT2D eigenvalue weighted by molar-refractivity contribution is 6.09. The van der Waals surface area contributed by atoms with E-state index in [2.05, 4.69) is 0 Å². The van der Waals surface area contributed by atoms with Crippen molar-refractivity contribution in [2.75, 3.05) is 17.7 Å². The van der Waals surface area contributed by atoms with Crippen LogP contribution in [-0.2, 0) is 0 Å². The number of halogens is 2. The van der Waals surface area contributed by atoms with Gasteiger partial charge < -0.3 is 10.6 Å². The molecule has 0 aliphatic rings. The molecule has 0 atom stereocenters. The molecule has 1 amide bonds. The summed E-state index contributed by atoms with van der Waals surface area (Å²) < 4.78 is 26.7. The summed E-state index contributed by atoms with van der Waals surface area (Å²) in [4.78, 5) is 13.3. The minimum absolute atomic E-state index is 0.00533. The Morgan fingerprint density at radius 3 is 2.53 bits per heavy atom. The number of hydrogen-bond acceptors (Lipinski definition) is 2. The molecule has 0 radical (unpaired) electrons. The van der Waals surface area contributed by atoms with Crippen molar-refractivity contribution in [3.05, 3.63) is 59.7 Å². The van der Waals surface area contributed by atoms with Crippen molar-refractivity contribution < 1.29 is 13.6 Å². The molecule has 0 spiro atoms. The van der Waals surface area contributed by atoms with Gasteiger partial charge in [-0.15, -0.1) is 0 Å². The van der Waals surface area contributed by atoms with Crippen LogP contribution in [0.5, 0.6) is 0 Å². The fourth-order valence-corrected chi connectivity index (χ4v) is 1.73. The summed E-state index contributed by atoms with van der Waals surface area (Å²) in [6.45, 7) is 0. The summed E-state index contributed by atoms with van der Waals surface area (Å²) in [7, 11) is 1.41. The van der Waals surface area contributed by atoms with Crippen LogP contribution in [0.1, 0.15) is 10.4 Å². The van der Waals surface area contributed by atoms with Crippen molar-refractivity contribution in [1.82, 2.24) is 0 Å². The highest BCUT2D eigenvalue weighted by Crippen LogP contribution is 2.22. The lowest BCUT2D eigenvalue weighted by Crippen LogP contribution is -2.28. The van der Waals surface area contributed by atoms with E-state index in [0.717, 1.165) is 17.0 Å². The third-order valence-corrected chi connectivity index (χ3v) is 2.76. The normalized spacial score (nSPS) is 10.3. The highest BCUT2D eigenvalue weighted by atomic mass is 19.1. The van der Waals surface area contributed by atoms with Crippen LogP contribution in [-0.4, -0.2) is 13.0 Å². The summed E-state index contributed by atoms with van der Waals surface area (Å²) >= 11 is 0. The summed E-state index contributed by atoms with van der Waals surface area (Å²) in [6.07, 6.45) is 0. The number of carbonyl (C=O) groups is 1. The van der Waals surface area contributed by atoms with E-state index in [0.29, 0.717) is 0 Å². The zero-order chi connectivity index (χ0) is 14.0. The molecule has 0 aliphatic carbocycles. The summed E-state index contributed by atoms with van der Waals surface area (Å²) in [6, 6.07) is 9.34. The number of amides is 1. The molecular weight excluding hydrogens is 250 g/mol. The van der Waals surface area contributed by atoms with Crippen molar-refractivity contribution in [3.8, 4) is 0 Å². The second kappa shape index (κ2) is 5.06. The van der Waals surface area contributed by atoms with Gasteiger partial charge in [0.15, 0.2) is 0 Å². The lowest BCUT2D eigenvalue weighted by Gasteiger charge is -2.18. The van der Waals surface area contributed by atoms with Crippen LogP contribution in [0.4, 0.5) is 20.2 Å². The maximum absolute atomic E-state index is 13.6. The number of anilines is 2. The molecule has 2 N–H and O–H groups in total. The van der Waals surface area contributed by atoms with Crippen LogP contribution >= 0.6 is 0 Å². The number of benzene rings is 2. The highest BCUT2D eigenvalue weighted by Gasteiger charge is 2.19. The molecule has 98 valence electrons. The first kappa shape index (κ1) is 13.0. The van der Waals surface area contributed by atoms with Gasteiger partial charge >= 0.3 is 0 Å². The molecule has 5 heteroatoms. The molecule has 2 rings (SSSR count). The number of nitrogen functional groups attached to an aromatic ring is 1. The first-order chi connectivity index (χ1) is 9.00. The zero-order valence-electron chi connectivity index (χ0n) is 10.2. The van der Waals surface area contributed by atoms with E-state index in [1.807, 2.05) is 0 Å². The van der Waals surface area contributed by atoms with Crippen LogP contribution in [0.15, 0.2) is 42.5 Å². The van der Waals surface area contributed by atoms with Crippen LogP contribution in [0.3, 0.4) is 0 Å². The Hall–Kier alpha value is -2.43. The first-order valence-electron chi connectivity index (χ1n) is 5.58. The monoisotopic (exact) mass is 262 g/mol. The summed E-state index contributed by atoms with van der Waals surface area (Å²) in [5.41, 5.74) is 5.90. The second-order valence-electron chi connectivity index (χ2n) is 4.05. The second-order valence-corrected chi connectivity index (χ2v) is 4.05. The fraction of sp³-hybridized carbons (Fsp3) is 0.0714. The number of rotatable bonds is 2. The van der Waals surface area contributed by atoms with Gasteiger partial charge in [-0.1, -0.05) is 12.1 Å². The van der Waals surface area contributed by atoms with Gasteiger partial charge in [0.1, 0.15) is 11.6 Å². The van der Waals surface area contributed by atoms with Gasteiger partial charge in [-0.3, -0.25) is 4.79 Å². The minimum atomic E-state index is -0.570. The Balaban J connectivity index is 2.39. The van der Waals surface area contributed by atoms with Crippen molar-refractivity contribution >= 4 is 17.3 Å². The minimum Gasteiger partial charge on any atom is -0.398 e. The van der Waals surface area contributed by atoms with Gasteiger partial charge in [0, 0.05) is 12.7 Å². The van der Waals surface area contributed by atoms with E-state index in [-0.39, 0.29) is 16.9 Å². The molecule has 0 saturated heterocycles. The van der Waals surface area contributed by atoms with E-state index in [1.165, 1.54) is 31.3 Å². The molecule has 0 fully saturated rings. The fourth-order valence-electron chi connectivity index (χ4n) is 1.73. The molecule has 2 aromatic rings. The zero-order valence-corrected chi connectivity index (χ0v) is 10.2. The standard InChI is InChI=1S/C14H12F2N2O/c1-18(13-5-3-2-4-11(13)16)14(19)10-8-9(15)6-7-12(10)17/h2-8H,17H2,1H3. The molecule has 0 bridgehead atoms. The number of nitrogens with zero attached hydrogens (tertiary/aromatic N) is 1. The van der Waals surface area contributed by atoms with Gasteiger partial charge in [0.25, 0.3) is 5.91 Å². The van der Waals surface area contributed by atoms with Crippen molar-refractivity contribution in [1.29, 1.82) is 0 Å². The molecule has 0 heterocycles. The average molecular weight is 262 g/mol. The summed E-state index contributed by atoms with van der Waals surface area (Å²) in [5.74, 6) is -1.67. The van der Waals surface area contributed by atoms with Crippen molar-refractivity contribution in [2.24, 2.45) is 0 Å². The molecule has 3 nitrogen and oxygen atoms in total. The first-order valence-corrected chi connectivity index (χ1v) is 5.58. The Kier molecular flexibility index (Phi) is 3.46.